The first-order chi connectivity index (χ1) is 15.7. The van der Waals surface area contributed by atoms with Crippen molar-refractivity contribution >= 4 is 0 Å². The van der Waals surface area contributed by atoms with Crippen LogP contribution in [-0.2, 0) is 5.60 Å². The van der Waals surface area contributed by atoms with Crippen LogP contribution in [0.25, 0.3) is 0 Å². The zero-order valence-electron chi connectivity index (χ0n) is 20.3. The van der Waals surface area contributed by atoms with Gasteiger partial charge in [0.05, 0.1) is 12.2 Å². The Morgan fingerprint density at radius 3 is 2.25 bits per heavy atom. The quantitative estimate of drug-likeness (QED) is 0.346. The van der Waals surface area contributed by atoms with E-state index < -0.39 is 5.60 Å². The van der Waals surface area contributed by atoms with Crippen LogP contribution in [0.4, 0.5) is 0 Å². The van der Waals surface area contributed by atoms with E-state index in [0.29, 0.717) is 0 Å². The lowest BCUT2D eigenvalue weighted by Crippen LogP contribution is -2.42. The van der Waals surface area contributed by atoms with Gasteiger partial charge in [0, 0.05) is 12.5 Å². The number of ether oxygens (including phenoxy) is 1. The Morgan fingerprint density at radius 1 is 0.875 bits per heavy atom. The lowest BCUT2D eigenvalue weighted by atomic mass is 9.73. The minimum atomic E-state index is -0.893. The highest BCUT2D eigenvalue weighted by Crippen LogP contribution is 2.42. The fourth-order valence-corrected chi connectivity index (χ4v) is 5.02. The monoisotopic (exact) mass is 437 g/mol. The number of hydrogen-bond acceptors (Lipinski definition) is 3. The summed E-state index contributed by atoms with van der Waals surface area (Å²) in [7, 11) is 0. The first kappa shape index (κ1) is 24.8. The number of likely N-dealkylation sites (tertiary alicyclic amines) is 1. The van der Waals surface area contributed by atoms with Crippen LogP contribution in [-0.4, -0.2) is 36.2 Å². The van der Waals surface area contributed by atoms with Crippen molar-refractivity contribution in [2.45, 2.75) is 83.2 Å². The molecule has 2 atom stereocenters. The van der Waals surface area contributed by atoms with Gasteiger partial charge in [0.1, 0.15) is 5.75 Å². The zero-order valence-corrected chi connectivity index (χ0v) is 20.3. The molecular weight excluding hydrogens is 394 g/mol. The van der Waals surface area contributed by atoms with Crippen molar-refractivity contribution in [1.82, 2.24) is 4.90 Å². The normalized spacial score (nSPS) is 17.6. The summed E-state index contributed by atoms with van der Waals surface area (Å²) in [5.41, 5.74) is 1.36. The van der Waals surface area contributed by atoms with Crippen molar-refractivity contribution in [3.8, 4) is 5.75 Å². The molecule has 1 heterocycles. The molecule has 1 aliphatic heterocycles. The Bertz CT molecular complexity index is 754. The van der Waals surface area contributed by atoms with Gasteiger partial charge in [-0.05, 0) is 62.0 Å². The Kier molecular flexibility index (Phi) is 10.1. The predicted molar refractivity (Wildman–Crippen MR) is 134 cm³/mol. The number of benzene rings is 2. The summed E-state index contributed by atoms with van der Waals surface area (Å²) in [4.78, 5) is 2.57. The van der Waals surface area contributed by atoms with Gasteiger partial charge in [0.15, 0.2) is 0 Å². The van der Waals surface area contributed by atoms with E-state index in [1.165, 1.54) is 44.1 Å². The molecule has 0 amide bonds. The van der Waals surface area contributed by atoms with E-state index in [2.05, 4.69) is 61.2 Å². The van der Waals surface area contributed by atoms with E-state index in [9.17, 15) is 5.11 Å². The lowest BCUT2D eigenvalue weighted by molar-refractivity contribution is -0.0167. The number of hydrogen-bond donors (Lipinski definition) is 1. The SMILES string of the molecule is CCCCCC[C@@](O)(c1ccc(OCCC)cc1)[C@@H](CN1CCCCC1)c1ccccc1. The average molecular weight is 438 g/mol. The minimum Gasteiger partial charge on any atom is -0.494 e. The second-order valence-electron chi connectivity index (χ2n) is 9.43. The maximum absolute atomic E-state index is 12.4. The van der Waals surface area contributed by atoms with E-state index in [-0.39, 0.29) is 5.92 Å². The van der Waals surface area contributed by atoms with Crippen molar-refractivity contribution in [3.63, 3.8) is 0 Å². The summed E-state index contributed by atoms with van der Waals surface area (Å²) in [5, 5.41) is 12.4. The summed E-state index contributed by atoms with van der Waals surface area (Å²) >= 11 is 0. The van der Waals surface area contributed by atoms with Crippen LogP contribution >= 0.6 is 0 Å². The molecule has 32 heavy (non-hydrogen) atoms. The van der Waals surface area contributed by atoms with Gasteiger partial charge in [-0.3, -0.25) is 0 Å². The molecule has 1 aliphatic rings. The minimum absolute atomic E-state index is 0.0471. The molecule has 1 saturated heterocycles. The molecule has 0 bridgehead atoms. The van der Waals surface area contributed by atoms with Crippen LogP contribution in [0, 0.1) is 0 Å². The molecule has 2 aromatic carbocycles. The van der Waals surface area contributed by atoms with Gasteiger partial charge in [-0.15, -0.1) is 0 Å². The first-order valence-electron chi connectivity index (χ1n) is 12.9. The highest BCUT2D eigenvalue weighted by atomic mass is 16.5. The van der Waals surface area contributed by atoms with Crippen LogP contribution in [0.1, 0.15) is 88.7 Å². The van der Waals surface area contributed by atoms with Crippen molar-refractivity contribution in [2.75, 3.05) is 26.2 Å². The van der Waals surface area contributed by atoms with Crippen LogP contribution in [0.15, 0.2) is 54.6 Å². The van der Waals surface area contributed by atoms with Crippen LogP contribution in [0.5, 0.6) is 5.75 Å². The van der Waals surface area contributed by atoms with Crippen LogP contribution in [0.2, 0.25) is 0 Å². The standard InChI is InChI=1S/C29H43NO2/c1-3-5-6-11-20-29(31,26-16-18-27(19-17-26)32-23-4-2)28(25-14-9-7-10-15-25)24-30-21-12-8-13-22-30/h7,9-10,14-19,28,31H,3-6,8,11-13,20-24H2,1-2H3/t28-,29+/m0/s1. The van der Waals surface area contributed by atoms with Crippen molar-refractivity contribution in [1.29, 1.82) is 0 Å². The molecule has 0 spiro atoms. The third-order valence-corrected chi connectivity index (χ3v) is 6.91. The molecule has 0 aliphatic carbocycles. The predicted octanol–water partition coefficient (Wildman–Crippen LogP) is 6.90. The molecule has 0 unspecified atom stereocenters. The summed E-state index contributed by atoms with van der Waals surface area (Å²) < 4.78 is 5.81. The average Bonchev–Trinajstić information content (AvgIpc) is 2.85. The Labute approximate surface area is 195 Å². The molecule has 3 heteroatoms. The van der Waals surface area contributed by atoms with E-state index in [1.807, 2.05) is 12.1 Å². The molecule has 1 N–H and O–H groups in total. The molecule has 0 saturated carbocycles. The van der Waals surface area contributed by atoms with Gasteiger partial charge in [-0.25, -0.2) is 0 Å². The van der Waals surface area contributed by atoms with Crippen LogP contribution < -0.4 is 4.74 Å². The molecule has 0 radical (unpaired) electrons. The first-order valence-corrected chi connectivity index (χ1v) is 12.9. The molecular formula is C29H43NO2. The van der Waals surface area contributed by atoms with E-state index >= 15 is 0 Å². The number of aliphatic hydroxyl groups is 1. The van der Waals surface area contributed by atoms with E-state index in [0.717, 1.165) is 56.8 Å². The van der Waals surface area contributed by atoms with Crippen molar-refractivity contribution in [3.05, 3.63) is 65.7 Å². The summed E-state index contributed by atoms with van der Waals surface area (Å²) in [6.45, 7) is 8.27. The summed E-state index contributed by atoms with van der Waals surface area (Å²) in [6.07, 6.45) is 10.3. The summed E-state index contributed by atoms with van der Waals surface area (Å²) in [5.74, 6) is 0.932. The Hall–Kier alpha value is -1.84. The van der Waals surface area contributed by atoms with Gasteiger partial charge < -0.3 is 14.7 Å². The number of rotatable bonds is 13. The molecule has 1 fully saturated rings. The number of piperidine rings is 1. The van der Waals surface area contributed by atoms with Gasteiger partial charge in [-0.1, -0.05) is 88.4 Å². The molecule has 2 aromatic rings. The smallest absolute Gasteiger partial charge is 0.119 e. The second kappa shape index (κ2) is 13.0. The van der Waals surface area contributed by atoms with Gasteiger partial charge >= 0.3 is 0 Å². The van der Waals surface area contributed by atoms with E-state index in [1.54, 1.807) is 0 Å². The topological polar surface area (TPSA) is 32.7 Å². The maximum atomic E-state index is 12.4. The van der Waals surface area contributed by atoms with Crippen molar-refractivity contribution < 1.29 is 9.84 Å². The molecule has 0 aromatic heterocycles. The molecule has 3 nitrogen and oxygen atoms in total. The largest absolute Gasteiger partial charge is 0.494 e. The second-order valence-corrected chi connectivity index (χ2v) is 9.43. The van der Waals surface area contributed by atoms with Gasteiger partial charge in [-0.2, -0.15) is 0 Å². The fourth-order valence-electron chi connectivity index (χ4n) is 5.02. The van der Waals surface area contributed by atoms with Gasteiger partial charge in [0.25, 0.3) is 0 Å². The van der Waals surface area contributed by atoms with Crippen molar-refractivity contribution in [2.24, 2.45) is 0 Å². The third kappa shape index (κ3) is 6.83. The third-order valence-electron chi connectivity index (χ3n) is 6.91. The van der Waals surface area contributed by atoms with E-state index in [4.69, 9.17) is 4.74 Å². The Morgan fingerprint density at radius 2 is 1.59 bits per heavy atom. The summed E-state index contributed by atoms with van der Waals surface area (Å²) in [6, 6.07) is 18.9. The fraction of sp³-hybridized carbons (Fsp3) is 0.586. The van der Waals surface area contributed by atoms with Gasteiger partial charge in [0.2, 0.25) is 0 Å². The maximum Gasteiger partial charge on any atom is 0.119 e. The number of nitrogens with zero attached hydrogens (tertiary/aromatic N) is 1. The lowest BCUT2D eigenvalue weighted by Gasteiger charge is -2.41. The highest BCUT2D eigenvalue weighted by molar-refractivity contribution is 5.35. The van der Waals surface area contributed by atoms with Crippen LogP contribution in [0.3, 0.4) is 0 Å². The zero-order chi connectivity index (χ0) is 22.7. The number of unbranched alkanes of at least 4 members (excludes halogenated alkanes) is 3. The molecule has 176 valence electrons. The Balaban J connectivity index is 1.92. The molecule has 3 rings (SSSR count). The highest BCUT2D eigenvalue weighted by Gasteiger charge is 2.40.